The second kappa shape index (κ2) is 7.21. The highest BCUT2D eigenvalue weighted by Crippen LogP contribution is 2.13. The number of carbonyl (C=O) groups is 1. The first kappa shape index (κ1) is 16.9. The summed E-state index contributed by atoms with van der Waals surface area (Å²) >= 11 is 0. The van der Waals surface area contributed by atoms with Gasteiger partial charge in [-0.25, -0.2) is 13.6 Å². The lowest BCUT2D eigenvalue weighted by molar-refractivity contribution is -0.115. The van der Waals surface area contributed by atoms with Gasteiger partial charge in [-0.3, -0.25) is 9.78 Å². The maximum atomic E-state index is 11.9. The van der Waals surface area contributed by atoms with Crippen LogP contribution in [0.15, 0.2) is 47.6 Å². The number of pyridine rings is 1. The third kappa shape index (κ3) is 5.04. The van der Waals surface area contributed by atoms with Gasteiger partial charge in [0, 0.05) is 24.8 Å². The molecule has 8 heteroatoms. The average Bonchev–Trinajstić information content (AvgIpc) is 2.49. The predicted molar refractivity (Wildman–Crippen MR) is 88.5 cm³/mol. The molecule has 2 rings (SSSR count). The van der Waals surface area contributed by atoms with Crippen LogP contribution in [0.1, 0.15) is 12.0 Å². The van der Waals surface area contributed by atoms with E-state index in [1.165, 1.54) is 12.1 Å². The quantitative estimate of drug-likeness (QED) is 0.740. The van der Waals surface area contributed by atoms with Gasteiger partial charge in [0.25, 0.3) is 0 Å². The first-order chi connectivity index (χ1) is 10.9. The molecule has 4 N–H and O–H groups in total. The molecule has 0 atom stereocenters. The van der Waals surface area contributed by atoms with Crippen molar-refractivity contribution in [1.29, 1.82) is 0 Å². The van der Waals surface area contributed by atoms with Crippen molar-refractivity contribution in [2.24, 2.45) is 5.14 Å². The molecule has 0 spiro atoms. The molecule has 1 aromatic heterocycles. The zero-order chi connectivity index (χ0) is 16.9. The van der Waals surface area contributed by atoms with E-state index in [9.17, 15) is 13.2 Å². The number of primary sulfonamides is 1. The summed E-state index contributed by atoms with van der Waals surface area (Å²) < 4.78 is 22.3. The van der Waals surface area contributed by atoms with Crippen molar-refractivity contribution < 1.29 is 13.2 Å². The first-order valence-electron chi connectivity index (χ1n) is 6.93. The highest BCUT2D eigenvalue weighted by molar-refractivity contribution is 7.89. The van der Waals surface area contributed by atoms with E-state index in [0.29, 0.717) is 17.9 Å². The Bertz CT molecular complexity index is 789. The molecule has 2 aromatic rings. The van der Waals surface area contributed by atoms with Crippen molar-refractivity contribution in [2.75, 3.05) is 17.2 Å². The van der Waals surface area contributed by atoms with Gasteiger partial charge in [-0.1, -0.05) is 0 Å². The van der Waals surface area contributed by atoms with E-state index in [1.54, 1.807) is 24.5 Å². The number of nitrogens with zero attached hydrogens (tertiary/aromatic N) is 1. The number of hydrogen-bond donors (Lipinski definition) is 3. The Balaban J connectivity index is 1.83. The van der Waals surface area contributed by atoms with Crippen LogP contribution in [0, 0.1) is 6.92 Å². The van der Waals surface area contributed by atoms with Crippen molar-refractivity contribution in [2.45, 2.75) is 18.2 Å². The Morgan fingerprint density at radius 2 is 1.91 bits per heavy atom. The number of sulfonamides is 1. The average molecular weight is 334 g/mol. The number of amides is 1. The summed E-state index contributed by atoms with van der Waals surface area (Å²) in [6, 6.07) is 7.85. The molecule has 0 aliphatic rings. The highest BCUT2D eigenvalue weighted by Gasteiger charge is 2.07. The fraction of sp³-hybridized carbons (Fsp3) is 0.200. The first-order valence-corrected chi connectivity index (χ1v) is 8.48. The van der Waals surface area contributed by atoms with Gasteiger partial charge in [-0.05, 0) is 42.8 Å². The standard InChI is InChI=1S/C15H18N4O3S/c1-11-6-8-17-10-14(11)19-15(20)7-9-18-12-2-4-13(5-3-12)23(16,21)22/h2-6,8,10,18H,7,9H2,1H3,(H,19,20)(H2,16,21,22). The van der Waals surface area contributed by atoms with Crippen molar-refractivity contribution in [1.82, 2.24) is 4.98 Å². The lowest BCUT2D eigenvalue weighted by Crippen LogP contribution is -2.17. The molecule has 7 nitrogen and oxygen atoms in total. The molecular weight excluding hydrogens is 316 g/mol. The van der Waals surface area contributed by atoms with Gasteiger partial charge in [0.15, 0.2) is 0 Å². The normalized spacial score (nSPS) is 11.0. The molecule has 0 bridgehead atoms. The van der Waals surface area contributed by atoms with Crippen LogP contribution in [-0.4, -0.2) is 25.9 Å². The van der Waals surface area contributed by atoms with E-state index < -0.39 is 10.0 Å². The second-order valence-electron chi connectivity index (χ2n) is 4.98. The van der Waals surface area contributed by atoms with E-state index in [4.69, 9.17) is 5.14 Å². The molecule has 1 heterocycles. The maximum absolute atomic E-state index is 11.9. The Morgan fingerprint density at radius 3 is 2.52 bits per heavy atom. The molecule has 0 saturated heterocycles. The topological polar surface area (TPSA) is 114 Å². The second-order valence-corrected chi connectivity index (χ2v) is 6.55. The third-order valence-electron chi connectivity index (χ3n) is 3.18. The maximum Gasteiger partial charge on any atom is 0.238 e. The number of benzene rings is 1. The zero-order valence-corrected chi connectivity index (χ0v) is 13.4. The number of carbonyl (C=O) groups excluding carboxylic acids is 1. The highest BCUT2D eigenvalue weighted by atomic mass is 32.2. The number of rotatable bonds is 6. The Labute approximate surface area is 135 Å². The summed E-state index contributed by atoms with van der Waals surface area (Å²) in [5.74, 6) is -0.130. The van der Waals surface area contributed by atoms with Crippen LogP contribution < -0.4 is 15.8 Å². The number of hydrogen-bond acceptors (Lipinski definition) is 5. The summed E-state index contributed by atoms with van der Waals surface area (Å²) in [6.45, 7) is 2.31. The van der Waals surface area contributed by atoms with Crippen LogP contribution in [0.5, 0.6) is 0 Å². The van der Waals surface area contributed by atoms with Crippen LogP contribution >= 0.6 is 0 Å². The van der Waals surface area contributed by atoms with Crippen molar-refractivity contribution in [3.63, 3.8) is 0 Å². The van der Waals surface area contributed by atoms with E-state index >= 15 is 0 Å². The van der Waals surface area contributed by atoms with E-state index in [2.05, 4.69) is 15.6 Å². The molecule has 0 radical (unpaired) electrons. The number of aryl methyl sites for hydroxylation is 1. The van der Waals surface area contributed by atoms with Crippen LogP contribution in [0.25, 0.3) is 0 Å². The zero-order valence-electron chi connectivity index (χ0n) is 12.6. The smallest absolute Gasteiger partial charge is 0.238 e. The van der Waals surface area contributed by atoms with Gasteiger partial charge in [-0.15, -0.1) is 0 Å². The van der Waals surface area contributed by atoms with Crippen LogP contribution in [0.4, 0.5) is 11.4 Å². The summed E-state index contributed by atoms with van der Waals surface area (Å²) in [5, 5.41) is 10.9. The molecule has 0 unspecified atom stereocenters. The van der Waals surface area contributed by atoms with Gasteiger partial charge in [0.2, 0.25) is 15.9 Å². The number of aromatic nitrogens is 1. The SMILES string of the molecule is Cc1ccncc1NC(=O)CCNc1ccc(S(N)(=O)=O)cc1. The number of anilines is 2. The van der Waals surface area contributed by atoms with Gasteiger partial charge >= 0.3 is 0 Å². The molecule has 1 aromatic carbocycles. The van der Waals surface area contributed by atoms with E-state index in [0.717, 1.165) is 5.56 Å². The lowest BCUT2D eigenvalue weighted by Gasteiger charge is -2.09. The van der Waals surface area contributed by atoms with Crippen molar-refractivity contribution >= 4 is 27.3 Å². The third-order valence-corrected chi connectivity index (χ3v) is 4.11. The van der Waals surface area contributed by atoms with Crippen molar-refractivity contribution in [3.05, 3.63) is 48.3 Å². The van der Waals surface area contributed by atoms with E-state index in [1.807, 2.05) is 13.0 Å². The Hall–Kier alpha value is -2.45. The monoisotopic (exact) mass is 334 g/mol. The van der Waals surface area contributed by atoms with Crippen LogP contribution in [-0.2, 0) is 14.8 Å². The lowest BCUT2D eigenvalue weighted by atomic mass is 10.2. The van der Waals surface area contributed by atoms with Gasteiger partial charge in [-0.2, -0.15) is 0 Å². The Kier molecular flexibility index (Phi) is 5.30. The minimum Gasteiger partial charge on any atom is -0.385 e. The summed E-state index contributed by atoms with van der Waals surface area (Å²) in [5.41, 5.74) is 2.35. The molecular formula is C15H18N4O3S. The van der Waals surface area contributed by atoms with Gasteiger partial charge in [0.1, 0.15) is 0 Å². The minimum atomic E-state index is -3.69. The molecule has 1 amide bonds. The van der Waals surface area contributed by atoms with Crippen molar-refractivity contribution in [3.8, 4) is 0 Å². The van der Waals surface area contributed by atoms with Crippen LogP contribution in [0.2, 0.25) is 0 Å². The van der Waals surface area contributed by atoms with Crippen LogP contribution in [0.3, 0.4) is 0 Å². The fourth-order valence-corrected chi connectivity index (χ4v) is 2.41. The van der Waals surface area contributed by atoms with E-state index in [-0.39, 0.29) is 17.2 Å². The molecule has 23 heavy (non-hydrogen) atoms. The largest absolute Gasteiger partial charge is 0.385 e. The molecule has 0 aliphatic carbocycles. The van der Waals surface area contributed by atoms with Gasteiger partial charge < -0.3 is 10.6 Å². The fourth-order valence-electron chi connectivity index (χ4n) is 1.89. The van der Waals surface area contributed by atoms with Gasteiger partial charge in [0.05, 0.1) is 16.8 Å². The molecule has 0 fully saturated rings. The number of nitrogens with one attached hydrogen (secondary N) is 2. The molecule has 122 valence electrons. The summed E-state index contributed by atoms with van der Waals surface area (Å²) in [7, 11) is -3.69. The Morgan fingerprint density at radius 1 is 1.22 bits per heavy atom. The summed E-state index contributed by atoms with van der Waals surface area (Å²) in [6.07, 6.45) is 3.54. The summed E-state index contributed by atoms with van der Waals surface area (Å²) in [4.78, 5) is 15.9. The molecule has 0 aliphatic heterocycles. The number of nitrogens with two attached hydrogens (primary N) is 1. The molecule has 0 saturated carbocycles. The predicted octanol–water partition coefficient (Wildman–Crippen LogP) is 1.48. The minimum absolute atomic E-state index is 0.0489.